The van der Waals surface area contributed by atoms with Crippen molar-refractivity contribution >= 4 is 5.69 Å². The fourth-order valence-electron chi connectivity index (χ4n) is 1.35. The van der Waals surface area contributed by atoms with Gasteiger partial charge in [0.2, 0.25) is 0 Å². The Morgan fingerprint density at radius 1 is 1.62 bits per heavy atom. The van der Waals surface area contributed by atoms with Crippen LogP contribution in [0.1, 0.15) is 5.56 Å². The molecule has 0 heterocycles. The van der Waals surface area contributed by atoms with Crippen LogP contribution < -0.4 is 10.5 Å². The van der Waals surface area contributed by atoms with E-state index in [1.54, 1.807) is 12.1 Å². The molecule has 0 spiro atoms. The van der Waals surface area contributed by atoms with Gasteiger partial charge in [-0.3, -0.25) is 10.1 Å². The summed E-state index contributed by atoms with van der Waals surface area (Å²) in [6.45, 7) is 0.0726. The van der Waals surface area contributed by atoms with Crippen molar-refractivity contribution in [3.05, 3.63) is 33.9 Å². The lowest BCUT2D eigenvalue weighted by molar-refractivity contribution is -0.385. The summed E-state index contributed by atoms with van der Waals surface area (Å²) in [6.07, 6.45) is -0.608. The number of hydrogen-bond donors (Lipinski definition) is 2. The monoisotopic (exact) mass is 226 g/mol. The lowest BCUT2D eigenvalue weighted by atomic mass is 10.1. The largest absolute Gasteiger partial charge is 0.497 e. The topological polar surface area (TPSA) is 98.6 Å². The zero-order valence-corrected chi connectivity index (χ0v) is 8.92. The van der Waals surface area contributed by atoms with Gasteiger partial charge in [0.25, 0.3) is 5.69 Å². The standard InChI is InChI=1S/C10H14N2O4/c1-16-9-3-2-7(4-8(13)6-11)10(5-9)12(14)15/h2-3,5,8,13H,4,6,11H2,1H3. The molecule has 1 atom stereocenters. The Labute approximate surface area is 92.8 Å². The molecule has 1 unspecified atom stereocenters. The molecular formula is C10H14N2O4. The lowest BCUT2D eigenvalue weighted by Gasteiger charge is -2.09. The molecule has 6 heteroatoms. The quantitative estimate of drug-likeness (QED) is 0.561. The van der Waals surface area contributed by atoms with E-state index in [0.29, 0.717) is 11.3 Å². The van der Waals surface area contributed by atoms with Crippen molar-refractivity contribution in [2.45, 2.75) is 12.5 Å². The van der Waals surface area contributed by atoms with Crippen molar-refractivity contribution in [3.8, 4) is 5.75 Å². The Morgan fingerprint density at radius 2 is 2.31 bits per heavy atom. The van der Waals surface area contributed by atoms with Gasteiger partial charge in [-0.1, -0.05) is 0 Å². The second kappa shape index (κ2) is 5.43. The summed E-state index contributed by atoms with van der Waals surface area (Å²) >= 11 is 0. The van der Waals surface area contributed by atoms with Crippen LogP contribution in [0.5, 0.6) is 5.75 Å². The summed E-state index contributed by atoms with van der Waals surface area (Å²) in [6, 6.07) is 4.51. The minimum absolute atomic E-state index is 0.0631. The average molecular weight is 226 g/mol. The number of methoxy groups -OCH3 is 1. The van der Waals surface area contributed by atoms with Gasteiger partial charge in [0.1, 0.15) is 5.75 Å². The molecule has 0 aliphatic carbocycles. The van der Waals surface area contributed by atoms with Crippen LogP contribution in [0.3, 0.4) is 0 Å². The molecule has 0 aromatic heterocycles. The normalized spacial score (nSPS) is 12.2. The lowest BCUT2D eigenvalue weighted by Crippen LogP contribution is -2.22. The van der Waals surface area contributed by atoms with E-state index >= 15 is 0 Å². The maximum Gasteiger partial charge on any atom is 0.276 e. The number of nitro groups is 1. The third kappa shape index (κ3) is 2.91. The van der Waals surface area contributed by atoms with Gasteiger partial charge >= 0.3 is 0 Å². The molecule has 0 saturated heterocycles. The number of rotatable bonds is 5. The molecule has 3 N–H and O–H groups in total. The molecular weight excluding hydrogens is 212 g/mol. The predicted octanol–water partition coefficient (Wildman–Crippen LogP) is 0.466. The second-order valence-electron chi connectivity index (χ2n) is 3.35. The van der Waals surface area contributed by atoms with E-state index in [2.05, 4.69) is 0 Å². The number of nitrogens with zero attached hydrogens (tertiary/aromatic N) is 1. The van der Waals surface area contributed by atoms with Gasteiger partial charge < -0.3 is 15.6 Å². The summed E-state index contributed by atoms with van der Waals surface area (Å²) < 4.78 is 4.90. The average Bonchev–Trinajstić information content (AvgIpc) is 2.29. The highest BCUT2D eigenvalue weighted by atomic mass is 16.6. The first-order valence-corrected chi connectivity index (χ1v) is 4.78. The van der Waals surface area contributed by atoms with Crippen LogP contribution in [-0.2, 0) is 6.42 Å². The summed E-state index contributed by atoms with van der Waals surface area (Å²) in [5, 5.41) is 20.2. The highest BCUT2D eigenvalue weighted by Crippen LogP contribution is 2.25. The smallest absolute Gasteiger partial charge is 0.276 e. The molecule has 1 rings (SSSR count). The number of benzene rings is 1. The molecule has 0 radical (unpaired) electrons. The second-order valence-corrected chi connectivity index (χ2v) is 3.35. The molecule has 0 aliphatic rings. The van der Waals surface area contributed by atoms with Crippen molar-refractivity contribution < 1.29 is 14.8 Å². The van der Waals surface area contributed by atoms with Crippen LogP contribution in [-0.4, -0.2) is 29.8 Å². The summed E-state index contributed by atoms with van der Waals surface area (Å²) in [5.41, 5.74) is 5.64. The van der Waals surface area contributed by atoms with Crippen molar-refractivity contribution in [1.82, 2.24) is 0 Å². The Kier molecular flexibility index (Phi) is 4.21. The molecule has 0 aliphatic heterocycles. The van der Waals surface area contributed by atoms with Crippen LogP contribution >= 0.6 is 0 Å². The van der Waals surface area contributed by atoms with E-state index in [1.165, 1.54) is 13.2 Å². The molecule has 1 aromatic rings. The fraction of sp³-hybridized carbons (Fsp3) is 0.400. The van der Waals surface area contributed by atoms with E-state index < -0.39 is 11.0 Å². The Bertz CT molecular complexity index is 381. The van der Waals surface area contributed by atoms with Crippen molar-refractivity contribution in [1.29, 1.82) is 0 Å². The Morgan fingerprint density at radius 3 is 2.81 bits per heavy atom. The third-order valence-corrected chi connectivity index (χ3v) is 2.22. The number of ether oxygens (including phenoxy) is 1. The van der Waals surface area contributed by atoms with Gasteiger partial charge in [0.05, 0.1) is 24.2 Å². The van der Waals surface area contributed by atoms with Gasteiger partial charge in [0, 0.05) is 18.5 Å². The van der Waals surface area contributed by atoms with E-state index in [-0.39, 0.29) is 18.7 Å². The summed E-state index contributed by atoms with van der Waals surface area (Å²) in [7, 11) is 1.44. The molecule has 88 valence electrons. The Balaban J connectivity index is 3.03. The number of aliphatic hydroxyl groups excluding tert-OH is 1. The van der Waals surface area contributed by atoms with Crippen molar-refractivity contribution in [2.75, 3.05) is 13.7 Å². The van der Waals surface area contributed by atoms with Crippen LogP contribution in [0.25, 0.3) is 0 Å². The maximum absolute atomic E-state index is 10.8. The van der Waals surface area contributed by atoms with Crippen LogP contribution in [0.4, 0.5) is 5.69 Å². The summed E-state index contributed by atoms with van der Waals surface area (Å²) in [5.74, 6) is 0.415. The number of nitrogens with two attached hydrogens (primary N) is 1. The molecule has 6 nitrogen and oxygen atoms in total. The minimum Gasteiger partial charge on any atom is -0.497 e. The highest BCUT2D eigenvalue weighted by Gasteiger charge is 2.17. The minimum atomic E-state index is -0.771. The van der Waals surface area contributed by atoms with Gasteiger partial charge in [-0.2, -0.15) is 0 Å². The zero-order chi connectivity index (χ0) is 12.1. The fourth-order valence-corrected chi connectivity index (χ4v) is 1.35. The van der Waals surface area contributed by atoms with Crippen LogP contribution in [0, 0.1) is 10.1 Å². The van der Waals surface area contributed by atoms with Crippen LogP contribution in [0.15, 0.2) is 18.2 Å². The van der Waals surface area contributed by atoms with Gasteiger partial charge in [-0.05, 0) is 12.1 Å². The van der Waals surface area contributed by atoms with E-state index in [1.807, 2.05) is 0 Å². The van der Waals surface area contributed by atoms with E-state index in [0.717, 1.165) is 0 Å². The van der Waals surface area contributed by atoms with E-state index in [9.17, 15) is 15.2 Å². The van der Waals surface area contributed by atoms with Crippen molar-refractivity contribution in [3.63, 3.8) is 0 Å². The van der Waals surface area contributed by atoms with Gasteiger partial charge in [-0.25, -0.2) is 0 Å². The predicted molar refractivity (Wildman–Crippen MR) is 58.4 cm³/mol. The first-order chi connectivity index (χ1) is 7.58. The zero-order valence-electron chi connectivity index (χ0n) is 8.92. The maximum atomic E-state index is 10.8. The molecule has 1 aromatic carbocycles. The molecule has 16 heavy (non-hydrogen) atoms. The van der Waals surface area contributed by atoms with Crippen molar-refractivity contribution in [2.24, 2.45) is 5.73 Å². The first-order valence-electron chi connectivity index (χ1n) is 4.78. The molecule has 0 fully saturated rings. The van der Waals surface area contributed by atoms with E-state index in [4.69, 9.17) is 10.5 Å². The molecule has 0 amide bonds. The SMILES string of the molecule is COc1ccc(CC(O)CN)c([N+](=O)[O-])c1. The first kappa shape index (κ1) is 12.4. The highest BCUT2D eigenvalue weighted by molar-refractivity contribution is 5.46. The number of nitro benzene ring substituents is 1. The third-order valence-electron chi connectivity index (χ3n) is 2.22. The number of aliphatic hydroxyl groups is 1. The van der Waals surface area contributed by atoms with Gasteiger partial charge in [-0.15, -0.1) is 0 Å². The summed E-state index contributed by atoms with van der Waals surface area (Å²) in [4.78, 5) is 10.3. The van der Waals surface area contributed by atoms with Crippen LogP contribution in [0.2, 0.25) is 0 Å². The molecule has 0 bridgehead atoms. The number of hydrogen-bond acceptors (Lipinski definition) is 5. The Hall–Kier alpha value is -1.66. The van der Waals surface area contributed by atoms with Gasteiger partial charge in [0.15, 0.2) is 0 Å². The molecule has 0 saturated carbocycles.